The summed E-state index contributed by atoms with van der Waals surface area (Å²) in [6.45, 7) is -0.211. The van der Waals surface area contributed by atoms with Gasteiger partial charge in [0.1, 0.15) is 11.6 Å². The van der Waals surface area contributed by atoms with Crippen molar-refractivity contribution in [2.24, 2.45) is 0 Å². The molecular weight excluding hydrogens is 402 g/mol. The number of hydrogen-bond donors (Lipinski definition) is 1. The van der Waals surface area contributed by atoms with Crippen molar-refractivity contribution in [3.05, 3.63) is 70.9 Å². The van der Waals surface area contributed by atoms with E-state index in [1.54, 1.807) is 48.5 Å². The molecule has 0 atom stereocenters. The number of carbonyl (C=O) groups excluding carboxylic acids is 1. The minimum atomic E-state index is -3.26. The average molecular weight is 418 g/mol. The molecule has 1 N–H and O–H groups in total. The van der Waals surface area contributed by atoms with Gasteiger partial charge in [-0.25, -0.2) is 13.1 Å². The van der Waals surface area contributed by atoms with Gasteiger partial charge in [0.15, 0.2) is 16.4 Å². The highest BCUT2D eigenvalue weighted by molar-refractivity contribution is 7.90. The molecule has 2 heterocycles. The van der Waals surface area contributed by atoms with Crippen LogP contribution in [0.4, 0.5) is 5.82 Å². The molecule has 3 aromatic rings. The van der Waals surface area contributed by atoms with E-state index in [0.717, 1.165) is 0 Å². The van der Waals surface area contributed by atoms with Crippen molar-refractivity contribution in [1.82, 2.24) is 9.78 Å². The van der Waals surface area contributed by atoms with Crippen molar-refractivity contribution >= 4 is 33.2 Å². The fraction of sp³-hybridized carbons (Fsp3) is 0.158. The third kappa shape index (κ3) is 3.88. The number of nitrogens with one attached hydrogen (secondary N) is 1. The topological polar surface area (TPSA) is 90.3 Å². The molecule has 1 amide bonds. The Bertz CT molecular complexity index is 1130. The minimum absolute atomic E-state index is 0.147. The Morgan fingerprint density at radius 3 is 2.54 bits per heavy atom. The summed E-state index contributed by atoms with van der Waals surface area (Å²) >= 11 is 5.94. The molecule has 144 valence electrons. The molecule has 1 aromatic heterocycles. The van der Waals surface area contributed by atoms with E-state index in [2.05, 4.69) is 10.4 Å². The highest BCUT2D eigenvalue weighted by atomic mass is 35.5. The lowest BCUT2D eigenvalue weighted by atomic mass is 10.2. The van der Waals surface area contributed by atoms with Gasteiger partial charge in [-0.3, -0.25) is 4.79 Å². The zero-order chi connectivity index (χ0) is 19.7. The van der Waals surface area contributed by atoms with E-state index >= 15 is 0 Å². The van der Waals surface area contributed by atoms with Gasteiger partial charge in [-0.15, -0.1) is 0 Å². The number of anilines is 1. The van der Waals surface area contributed by atoms with Crippen LogP contribution in [0.2, 0.25) is 5.02 Å². The van der Waals surface area contributed by atoms with E-state index < -0.39 is 15.7 Å². The molecule has 0 radical (unpaired) electrons. The van der Waals surface area contributed by atoms with Gasteiger partial charge >= 0.3 is 0 Å². The number of sulfone groups is 1. The molecule has 0 saturated heterocycles. The van der Waals surface area contributed by atoms with Crippen LogP contribution in [0.3, 0.4) is 0 Å². The van der Waals surface area contributed by atoms with Gasteiger partial charge in [0.25, 0.3) is 5.91 Å². The third-order valence-electron chi connectivity index (χ3n) is 4.23. The molecule has 28 heavy (non-hydrogen) atoms. The molecule has 9 heteroatoms. The van der Waals surface area contributed by atoms with E-state index in [1.807, 2.05) is 6.07 Å². The molecule has 0 saturated carbocycles. The largest absolute Gasteiger partial charge is 0.484 e. The van der Waals surface area contributed by atoms with E-state index in [9.17, 15) is 13.2 Å². The Kier molecular flexibility index (Phi) is 4.82. The van der Waals surface area contributed by atoms with Crippen LogP contribution < -0.4 is 10.1 Å². The van der Waals surface area contributed by atoms with E-state index in [4.69, 9.17) is 16.3 Å². The lowest BCUT2D eigenvalue weighted by molar-refractivity contribution is -0.118. The number of rotatable bonds is 5. The maximum Gasteiger partial charge on any atom is 0.263 e. The molecule has 0 aliphatic carbocycles. The fourth-order valence-corrected chi connectivity index (χ4v) is 4.59. The lowest BCUT2D eigenvalue weighted by Gasteiger charge is -2.12. The lowest BCUT2D eigenvalue weighted by Crippen LogP contribution is -2.22. The maximum absolute atomic E-state index is 12.4. The quantitative estimate of drug-likeness (QED) is 0.689. The number of amides is 1. The Morgan fingerprint density at radius 2 is 1.82 bits per heavy atom. The highest BCUT2D eigenvalue weighted by Gasteiger charge is 2.33. The summed E-state index contributed by atoms with van der Waals surface area (Å²) in [5, 5.41) is 7.71. The summed E-state index contributed by atoms with van der Waals surface area (Å²) in [5.74, 6) is 0.181. The smallest absolute Gasteiger partial charge is 0.263 e. The van der Waals surface area contributed by atoms with Crippen LogP contribution in [0.15, 0.2) is 54.6 Å². The second-order valence-corrected chi connectivity index (χ2v) is 8.85. The van der Waals surface area contributed by atoms with Crippen LogP contribution in [0, 0.1) is 0 Å². The molecule has 0 unspecified atom stereocenters. The molecular formula is C19H16ClN3O4S. The van der Waals surface area contributed by atoms with Crippen LogP contribution in [0.1, 0.15) is 11.3 Å². The zero-order valence-corrected chi connectivity index (χ0v) is 16.2. The Balaban J connectivity index is 1.61. The van der Waals surface area contributed by atoms with Gasteiger partial charge < -0.3 is 10.1 Å². The van der Waals surface area contributed by atoms with Gasteiger partial charge in [0.05, 0.1) is 22.9 Å². The Morgan fingerprint density at radius 1 is 1.11 bits per heavy atom. The first-order valence-electron chi connectivity index (χ1n) is 8.46. The van der Waals surface area contributed by atoms with Gasteiger partial charge in [-0.05, 0) is 36.4 Å². The number of ether oxygens (including phenoxy) is 1. The minimum Gasteiger partial charge on any atom is -0.484 e. The number of halogens is 1. The van der Waals surface area contributed by atoms with Gasteiger partial charge in [0, 0.05) is 10.6 Å². The van der Waals surface area contributed by atoms with Crippen molar-refractivity contribution in [3.8, 4) is 11.4 Å². The normalized spacial score (nSPS) is 14.5. The summed E-state index contributed by atoms with van der Waals surface area (Å²) in [6.07, 6.45) is 0. The molecule has 4 rings (SSSR count). The van der Waals surface area contributed by atoms with Gasteiger partial charge in [0.2, 0.25) is 0 Å². The van der Waals surface area contributed by atoms with Crippen molar-refractivity contribution in [1.29, 1.82) is 0 Å². The number of aromatic nitrogens is 2. The fourth-order valence-electron chi connectivity index (χ4n) is 2.97. The van der Waals surface area contributed by atoms with Gasteiger partial charge in [-0.2, -0.15) is 5.10 Å². The van der Waals surface area contributed by atoms with Crippen LogP contribution >= 0.6 is 11.6 Å². The maximum atomic E-state index is 12.4. The summed E-state index contributed by atoms with van der Waals surface area (Å²) in [6, 6.07) is 15.8. The van der Waals surface area contributed by atoms with Crippen molar-refractivity contribution in [3.63, 3.8) is 0 Å². The van der Waals surface area contributed by atoms with Gasteiger partial charge in [-0.1, -0.05) is 29.8 Å². The molecule has 1 aliphatic heterocycles. The zero-order valence-electron chi connectivity index (χ0n) is 14.6. The average Bonchev–Trinajstić information content (AvgIpc) is 3.14. The van der Waals surface area contributed by atoms with Crippen LogP contribution in [0.25, 0.3) is 5.69 Å². The van der Waals surface area contributed by atoms with Crippen molar-refractivity contribution < 1.29 is 17.9 Å². The summed E-state index contributed by atoms with van der Waals surface area (Å²) in [4.78, 5) is 12.4. The number of hydrogen-bond acceptors (Lipinski definition) is 5. The SMILES string of the molecule is O=C(COc1ccccc1)Nc1c2c(nn1-c1ccc(Cl)cc1)CS(=O)(=O)C2. The standard InChI is InChI=1S/C19H16ClN3O4S/c20-13-6-8-14(9-7-13)23-19(16-11-28(25,26)12-17(16)22-23)21-18(24)10-27-15-4-2-1-3-5-15/h1-9H,10-12H2,(H,21,24). The number of fused-ring (bicyclic) bond motifs is 1. The Hall–Kier alpha value is -2.84. The highest BCUT2D eigenvalue weighted by Crippen LogP contribution is 2.33. The molecule has 0 bridgehead atoms. The second kappa shape index (κ2) is 7.29. The molecule has 0 fully saturated rings. The van der Waals surface area contributed by atoms with E-state index in [0.29, 0.717) is 33.5 Å². The summed E-state index contributed by atoms with van der Waals surface area (Å²) in [5.41, 5.74) is 1.60. The van der Waals surface area contributed by atoms with E-state index in [-0.39, 0.29) is 18.1 Å². The number of benzene rings is 2. The Labute approximate surface area is 166 Å². The summed E-state index contributed by atoms with van der Waals surface area (Å²) < 4.78 is 31.0. The molecule has 0 spiro atoms. The van der Waals surface area contributed by atoms with Crippen LogP contribution in [-0.2, 0) is 26.1 Å². The predicted molar refractivity (Wildman–Crippen MR) is 105 cm³/mol. The van der Waals surface area contributed by atoms with Crippen molar-refractivity contribution in [2.75, 3.05) is 11.9 Å². The number of para-hydroxylation sites is 1. The predicted octanol–water partition coefficient (Wildman–Crippen LogP) is 2.97. The number of nitrogens with zero attached hydrogens (tertiary/aromatic N) is 2. The first kappa shape index (κ1) is 18.5. The molecule has 7 nitrogen and oxygen atoms in total. The van der Waals surface area contributed by atoms with Crippen LogP contribution in [0.5, 0.6) is 5.75 Å². The summed E-state index contributed by atoms with van der Waals surface area (Å²) in [7, 11) is -3.26. The first-order valence-corrected chi connectivity index (χ1v) is 10.7. The van der Waals surface area contributed by atoms with Crippen molar-refractivity contribution in [2.45, 2.75) is 11.5 Å². The van der Waals surface area contributed by atoms with Crippen LogP contribution in [-0.4, -0.2) is 30.7 Å². The molecule has 1 aliphatic rings. The second-order valence-electron chi connectivity index (χ2n) is 6.34. The number of carbonyl (C=O) groups is 1. The monoisotopic (exact) mass is 417 g/mol. The first-order chi connectivity index (χ1) is 13.4. The third-order valence-corrected chi connectivity index (χ3v) is 5.92. The van der Waals surface area contributed by atoms with E-state index in [1.165, 1.54) is 4.68 Å². The molecule has 2 aromatic carbocycles.